The Bertz CT molecular complexity index is 451. The van der Waals surface area contributed by atoms with E-state index in [0.29, 0.717) is 18.5 Å². The molecule has 2 N–H and O–H groups in total. The van der Waals surface area contributed by atoms with Crippen molar-refractivity contribution in [1.29, 1.82) is 5.26 Å². The van der Waals surface area contributed by atoms with Crippen molar-refractivity contribution in [3.63, 3.8) is 0 Å². The van der Waals surface area contributed by atoms with Crippen molar-refractivity contribution in [3.05, 3.63) is 18.7 Å². The number of nitrogens with zero attached hydrogens (tertiary/aromatic N) is 4. The smallest absolute Gasteiger partial charge is 0.204 e. The van der Waals surface area contributed by atoms with Gasteiger partial charge in [0.2, 0.25) is 5.96 Å². The molecule has 0 saturated heterocycles. The molecule has 0 atom stereocenters. The molecule has 1 heterocycles. The van der Waals surface area contributed by atoms with Crippen LogP contribution in [-0.2, 0) is 6.54 Å². The first kappa shape index (κ1) is 15.4. The van der Waals surface area contributed by atoms with Crippen molar-refractivity contribution in [2.24, 2.45) is 4.99 Å². The molecule has 2 rings (SSSR count). The lowest BCUT2D eigenvalue weighted by Crippen LogP contribution is -2.41. The van der Waals surface area contributed by atoms with Gasteiger partial charge in [-0.05, 0) is 19.3 Å². The predicted molar refractivity (Wildman–Crippen MR) is 82.5 cm³/mol. The number of imidazole rings is 1. The Morgan fingerprint density at radius 1 is 1.33 bits per heavy atom. The molecule has 0 aliphatic heterocycles. The first-order valence-corrected chi connectivity index (χ1v) is 7.80. The molecule has 114 valence electrons. The lowest BCUT2D eigenvalue weighted by Gasteiger charge is -2.18. The summed E-state index contributed by atoms with van der Waals surface area (Å²) in [6.45, 7) is 1.59. The number of guanidine groups is 1. The maximum Gasteiger partial charge on any atom is 0.204 e. The average Bonchev–Trinajstić information content (AvgIpc) is 2.87. The van der Waals surface area contributed by atoms with Crippen LogP contribution in [0.3, 0.4) is 0 Å². The van der Waals surface area contributed by atoms with Crippen molar-refractivity contribution >= 4 is 5.96 Å². The van der Waals surface area contributed by atoms with Gasteiger partial charge in [-0.2, -0.15) is 5.26 Å². The van der Waals surface area contributed by atoms with Gasteiger partial charge < -0.3 is 9.88 Å². The highest BCUT2D eigenvalue weighted by atomic mass is 15.2. The third-order valence-electron chi connectivity index (χ3n) is 3.77. The first-order chi connectivity index (χ1) is 10.4. The zero-order chi connectivity index (χ0) is 14.8. The summed E-state index contributed by atoms with van der Waals surface area (Å²) in [4.78, 5) is 8.49. The van der Waals surface area contributed by atoms with Gasteiger partial charge in [0.25, 0.3) is 0 Å². The Hall–Kier alpha value is -2.03. The zero-order valence-electron chi connectivity index (χ0n) is 12.5. The van der Waals surface area contributed by atoms with E-state index >= 15 is 0 Å². The molecule has 1 aliphatic rings. The van der Waals surface area contributed by atoms with Crippen molar-refractivity contribution in [2.75, 3.05) is 6.54 Å². The molecule has 0 aromatic carbocycles. The fourth-order valence-electron chi connectivity index (χ4n) is 2.65. The van der Waals surface area contributed by atoms with Gasteiger partial charge in [0.1, 0.15) is 0 Å². The third kappa shape index (κ3) is 5.86. The van der Waals surface area contributed by atoms with E-state index in [1.807, 2.05) is 23.3 Å². The number of aliphatic imine (C=N–C) groups is 1. The maximum absolute atomic E-state index is 8.83. The second-order valence-electron chi connectivity index (χ2n) is 5.45. The zero-order valence-corrected chi connectivity index (χ0v) is 12.5. The van der Waals surface area contributed by atoms with Crippen LogP contribution in [-0.4, -0.2) is 28.1 Å². The minimum Gasteiger partial charge on any atom is -0.353 e. The Labute approximate surface area is 126 Å². The van der Waals surface area contributed by atoms with Crippen molar-refractivity contribution in [1.82, 2.24) is 20.2 Å². The van der Waals surface area contributed by atoms with Crippen LogP contribution >= 0.6 is 0 Å². The summed E-state index contributed by atoms with van der Waals surface area (Å²) in [6, 6.07) is 0.445. The van der Waals surface area contributed by atoms with Crippen LogP contribution < -0.4 is 10.6 Å². The molecular weight excluding hydrogens is 264 g/mol. The predicted octanol–water partition coefficient (Wildman–Crippen LogP) is 2.01. The van der Waals surface area contributed by atoms with Crippen LogP contribution in [0, 0.1) is 11.5 Å². The summed E-state index contributed by atoms with van der Waals surface area (Å²) in [5, 5.41) is 14.9. The van der Waals surface area contributed by atoms with Crippen LogP contribution in [0.4, 0.5) is 0 Å². The molecule has 21 heavy (non-hydrogen) atoms. The van der Waals surface area contributed by atoms with Gasteiger partial charge in [-0.15, -0.1) is 0 Å². The van der Waals surface area contributed by atoms with Crippen LogP contribution in [0.25, 0.3) is 0 Å². The van der Waals surface area contributed by atoms with E-state index in [1.165, 1.54) is 38.5 Å². The van der Waals surface area contributed by atoms with E-state index < -0.39 is 0 Å². The highest BCUT2D eigenvalue weighted by Gasteiger charge is 2.13. The fourth-order valence-corrected chi connectivity index (χ4v) is 2.65. The summed E-state index contributed by atoms with van der Waals surface area (Å²) >= 11 is 0. The second-order valence-corrected chi connectivity index (χ2v) is 5.45. The topological polar surface area (TPSA) is 78.0 Å². The largest absolute Gasteiger partial charge is 0.353 e. The molecule has 6 nitrogen and oxygen atoms in total. The van der Waals surface area contributed by atoms with Gasteiger partial charge in [-0.3, -0.25) is 10.3 Å². The van der Waals surface area contributed by atoms with E-state index in [4.69, 9.17) is 5.26 Å². The van der Waals surface area contributed by atoms with Crippen LogP contribution in [0.2, 0.25) is 0 Å². The van der Waals surface area contributed by atoms with Gasteiger partial charge in [0.05, 0.1) is 6.33 Å². The highest BCUT2D eigenvalue weighted by Crippen LogP contribution is 2.16. The molecule has 0 unspecified atom stereocenters. The Balaban J connectivity index is 1.76. The minimum absolute atomic E-state index is 0.445. The fraction of sp³-hybridized carbons (Fsp3) is 0.667. The summed E-state index contributed by atoms with van der Waals surface area (Å²) in [7, 11) is 0. The van der Waals surface area contributed by atoms with Crippen LogP contribution in [0.5, 0.6) is 0 Å². The molecule has 1 aromatic heterocycles. The normalized spacial score (nSPS) is 17.0. The standard InChI is InChI=1S/C15H24N6/c16-12-19-15(20-14-6-3-1-2-4-7-14)18-8-5-10-21-11-9-17-13-21/h9,11,13-14H,1-8,10H2,(H2,18,19,20). The molecule has 1 fully saturated rings. The quantitative estimate of drug-likeness (QED) is 0.217. The number of nitrogens with one attached hydrogen (secondary N) is 2. The van der Waals surface area contributed by atoms with Crippen LogP contribution in [0.15, 0.2) is 23.7 Å². The van der Waals surface area contributed by atoms with Crippen molar-refractivity contribution in [2.45, 2.75) is 57.5 Å². The SMILES string of the molecule is N#CNC(=NCCCn1ccnc1)NC1CCCCCC1. The van der Waals surface area contributed by atoms with E-state index in [9.17, 15) is 0 Å². The molecule has 0 amide bonds. The van der Waals surface area contributed by atoms with E-state index in [-0.39, 0.29) is 0 Å². The minimum atomic E-state index is 0.445. The lowest BCUT2D eigenvalue weighted by molar-refractivity contribution is 0.526. The number of hydrogen-bond donors (Lipinski definition) is 2. The average molecular weight is 288 g/mol. The van der Waals surface area contributed by atoms with Crippen LogP contribution in [0.1, 0.15) is 44.9 Å². The molecule has 6 heteroatoms. The summed E-state index contributed by atoms with van der Waals surface area (Å²) < 4.78 is 2.03. The molecule has 1 saturated carbocycles. The third-order valence-corrected chi connectivity index (χ3v) is 3.77. The van der Waals surface area contributed by atoms with Gasteiger partial charge >= 0.3 is 0 Å². The van der Waals surface area contributed by atoms with Crippen molar-refractivity contribution < 1.29 is 0 Å². The maximum atomic E-state index is 8.83. The molecular formula is C15H24N6. The van der Waals surface area contributed by atoms with Gasteiger partial charge in [-0.1, -0.05) is 25.7 Å². The van der Waals surface area contributed by atoms with Gasteiger partial charge in [-0.25, -0.2) is 4.98 Å². The number of aromatic nitrogens is 2. The molecule has 0 spiro atoms. The van der Waals surface area contributed by atoms with E-state index in [1.54, 1.807) is 6.20 Å². The van der Waals surface area contributed by atoms with Gasteiger partial charge in [0.15, 0.2) is 6.19 Å². The first-order valence-electron chi connectivity index (χ1n) is 7.80. The Kier molecular flexibility index (Phi) is 6.59. The van der Waals surface area contributed by atoms with E-state index in [0.717, 1.165) is 13.0 Å². The summed E-state index contributed by atoms with van der Waals surface area (Å²) in [6.07, 6.45) is 15.9. The van der Waals surface area contributed by atoms with E-state index in [2.05, 4.69) is 20.6 Å². The summed E-state index contributed by atoms with van der Waals surface area (Å²) in [5.41, 5.74) is 0. The molecule has 1 aromatic rings. The summed E-state index contributed by atoms with van der Waals surface area (Å²) in [5.74, 6) is 0.620. The number of rotatable bonds is 5. The number of aryl methyl sites for hydroxylation is 1. The molecule has 0 radical (unpaired) electrons. The monoisotopic (exact) mass is 288 g/mol. The highest BCUT2D eigenvalue weighted by molar-refractivity contribution is 5.81. The Morgan fingerprint density at radius 3 is 2.81 bits per heavy atom. The lowest BCUT2D eigenvalue weighted by atomic mass is 10.1. The molecule has 1 aliphatic carbocycles. The second kappa shape index (κ2) is 9.01. The number of hydrogen-bond acceptors (Lipinski definition) is 3. The Morgan fingerprint density at radius 2 is 2.14 bits per heavy atom. The van der Waals surface area contributed by atoms with Gasteiger partial charge in [0, 0.05) is 31.5 Å². The molecule has 0 bridgehead atoms. The van der Waals surface area contributed by atoms with Crippen molar-refractivity contribution in [3.8, 4) is 6.19 Å². The number of nitriles is 1.